The lowest BCUT2D eigenvalue weighted by Gasteiger charge is -2.13. The molecule has 4 heteroatoms. The van der Waals surface area contributed by atoms with Crippen molar-refractivity contribution in [3.8, 4) is 11.5 Å². The van der Waals surface area contributed by atoms with Crippen LogP contribution in [0.25, 0.3) is 0 Å². The number of aromatic hydroxyl groups is 1. The average molecular weight is 328 g/mol. The molecule has 2 rings (SSSR count). The Hall–Kier alpha value is -0.740. The molecule has 1 aliphatic rings. The van der Waals surface area contributed by atoms with E-state index in [1.807, 2.05) is 12.1 Å². The van der Waals surface area contributed by atoms with E-state index in [1.165, 1.54) is 19.3 Å². The molecule has 1 saturated carbocycles. The topological polar surface area (TPSA) is 41.5 Å². The fourth-order valence-electron chi connectivity index (χ4n) is 2.82. The molecule has 0 aromatic heterocycles. The average Bonchev–Trinajstić information content (AvgIpc) is 2.79. The molecule has 1 aromatic rings. The maximum Gasteiger partial charge on any atom is 0.172 e. The second-order valence-corrected chi connectivity index (χ2v) is 6.40. The number of ether oxygens (including phenoxy) is 1. The summed E-state index contributed by atoms with van der Waals surface area (Å²) < 4.78 is 5.83. The van der Waals surface area contributed by atoms with Gasteiger partial charge in [-0.1, -0.05) is 13.3 Å². The quantitative estimate of drug-likeness (QED) is 0.866. The minimum atomic E-state index is 0.163. The molecule has 0 heterocycles. The Labute approximate surface area is 123 Å². The van der Waals surface area contributed by atoms with Crippen LogP contribution in [0.15, 0.2) is 16.6 Å². The summed E-state index contributed by atoms with van der Waals surface area (Å²) in [6.45, 7) is 4.22. The second-order valence-electron chi connectivity index (χ2n) is 5.54. The van der Waals surface area contributed by atoms with Crippen molar-refractivity contribution in [1.82, 2.24) is 5.32 Å². The van der Waals surface area contributed by atoms with Gasteiger partial charge in [0.15, 0.2) is 11.5 Å². The predicted octanol–water partition coefficient (Wildman–Crippen LogP) is 3.69. The van der Waals surface area contributed by atoms with Gasteiger partial charge in [0.05, 0.1) is 11.6 Å². The van der Waals surface area contributed by atoms with Crippen molar-refractivity contribution in [3.05, 3.63) is 22.2 Å². The molecule has 0 bridgehead atoms. The zero-order valence-corrected chi connectivity index (χ0v) is 13.2. The zero-order chi connectivity index (χ0) is 13.8. The molecule has 0 radical (unpaired) electrons. The molecule has 0 aliphatic heterocycles. The molecular weight excluding hydrogens is 306 g/mol. The molecule has 1 aromatic carbocycles. The lowest BCUT2D eigenvalue weighted by Crippen LogP contribution is -2.21. The van der Waals surface area contributed by atoms with Gasteiger partial charge in [-0.3, -0.25) is 0 Å². The Balaban J connectivity index is 1.87. The molecule has 0 amide bonds. The molecule has 0 spiro atoms. The van der Waals surface area contributed by atoms with Gasteiger partial charge >= 0.3 is 0 Å². The molecule has 2 atom stereocenters. The van der Waals surface area contributed by atoms with Crippen LogP contribution < -0.4 is 10.1 Å². The molecule has 19 heavy (non-hydrogen) atoms. The summed E-state index contributed by atoms with van der Waals surface area (Å²) in [6.07, 6.45) is 4.05. The summed E-state index contributed by atoms with van der Waals surface area (Å²) in [5.74, 6) is 2.38. The van der Waals surface area contributed by atoms with Crippen molar-refractivity contribution in [2.24, 2.45) is 11.8 Å². The highest BCUT2D eigenvalue weighted by atomic mass is 79.9. The first-order chi connectivity index (χ1) is 9.10. The van der Waals surface area contributed by atoms with E-state index < -0.39 is 0 Å². The van der Waals surface area contributed by atoms with Crippen molar-refractivity contribution in [3.63, 3.8) is 0 Å². The van der Waals surface area contributed by atoms with Crippen LogP contribution in [0.2, 0.25) is 0 Å². The normalized spacial score (nSPS) is 22.7. The molecule has 2 unspecified atom stereocenters. The van der Waals surface area contributed by atoms with Crippen LogP contribution in [-0.2, 0) is 6.54 Å². The minimum absolute atomic E-state index is 0.163. The predicted molar refractivity (Wildman–Crippen MR) is 80.6 cm³/mol. The van der Waals surface area contributed by atoms with E-state index in [4.69, 9.17) is 4.74 Å². The third kappa shape index (κ3) is 3.86. The summed E-state index contributed by atoms with van der Waals surface area (Å²) in [6, 6.07) is 3.81. The van der Waals surface area contributed by atoms with Gasteiger partial charge in [-0.25, -0.2) is 0 Å². The maximum atomic E-state index is 9.76. The summed E-state index contributed by atoms with van der Waals surface area (Å²) in [5.41, 5.74) is 1.12. The van der Waals surface area contributed by atoms with E-state index >= 15 is 0 Å². The second kappa shape index (κ2) is 6.62. The number of phenolic OH excluding ortho intramolecular Hbond substituents is 1. The van der Waals surface area contributed by atoms with E-state index in [0.29, 0.717) is 10.2 Å². The van der Waals surface area contributed by atoms with Gasteiger partial charge in [-0.15, -0.1) is 0 Å². The van der Waals surface area contributed by atoms with Crippen molar-refractivity contribution >= 4 is 15.9 Å². The highest BCUT2D eigenvalue weighted by Crippen LogP contribution is 2.35. The number of methoxy groups -OCH3 is 1. The van der Waals surface area contributed by atoms with Crippen LogP contribution in [-0.4, -0.2) is 18.8 Å². The highest BCUT2D eigenvalue weighted by molar-refractivity contribution is 9.10. The molecule has 3 nitrogen and oxygen atoms in total. The number of rotatable bonds is 5. The van der Waals surface area contributed by atoms with Gasteiger partial charge in [0.2, 0.25) is 0 Å². The van der Waals surface area contributed by atoms with Crippen molar-refractivity contribution in [2.45, 2.75) is 32.7 Å². The first-order valence-corrected chi connectivity index (χ1v) is 7.65. The SMILES string of the molecule is COc1cc(CNCC2CCC(C)C2)cc(Br)c1O. The summed E-state index contributed by atoms with van der Waals surface area (Å²) in [7, 11) is 1.57. The van der Waals surface area contributed by atoms with E-state index in [1.54, 1.807) is 7.11 Å². The van der Waals surface area contributed by atoms with Gasteiger partial charge in [-0.05, 0) is 64.8 Å². The minimum Gasteiger partial charge on any atom is -0.503 e. The van der Waals surface area contributed by atoms with Crippen LogP contribution in [0.4, 0.5) is 0 Å². The Morgan fingerprint density at radius 2 is 2.21 bits per heavy atom. The molecular formula is C15H22BrNO2. The van der Waals surface area contributed by atoms with Crippen LogP contribution in [0.3, 0.4) is 0 Å². The molecule has 106 valence electrons. The van der Waals surface area contributed by atoms with Gasteiger partial charge in [0, 0.05) is 6.54 Å². The number of nitrogens with one attached hydrogen (secondary N) is 1. The fourth-order valence-corrected chi connectivity index (χ4v) is 3.31. The summed E-state index contributed by atoms with van der Waals surface area (Å²) >= 11 is 3.35. The van der Waals surface area contributed by atoms with Gasteiger partial charge in [0.25, 0.3) is 0 Å². The number of hydrogen-bond acceptors (Lipinski definition) is 3. The smallest absolute Gasteiger partial charge is 0.172 e. The van der Waals surface area contributed by atoms with Crippen LogP contribution in [0.1, 0.15) is 31.7 Å². The monoisotopic (exact) mass is 327 g/mol. The van der Waals surface area contributed by atoms with E-state index in [9.17, 15) is 5.11 Å². The Bertz CT molecular complexity index is 436. The highest BCUT2D eigenvalue weighted by Gasteiger charge is 2.20. The van der Waals surface area contributed by atoms with Crippen LogP contribution in [0.5, 0.6) is 11.5 Å². The van der Waals surface area contributed by atoms with Crippen LogP contribution in [0, 0.1) is 11.8 Å². The van der Waals surface area contributed by atoms with Crippen molar-refractivity contribution < 1.29 is 9.84 Å². The maximum absolute atomic E-state index is 9.76. The van der Waals surface area contributed by atoms with Gasteiger partial charge < -0.3 is 15.2 Å². The van der Waals surface area contributed by atoms with Gasteiger partial charge in [-0.2, -0.15) is 0 Å². The van der Waals surface area contributed by atoms with Crippen molar-refractivity contribution in [2.75, 3.05) is 13.7 Å². The van der Waals surface area contributed by atoms with Crippen LogP contribution >= 0.6 is 15.9 Å². The molecule has 2 N–H and O–H groups in total. The summed E-state index contributed by atoms with van der Waals surface area (Å²) in [5, 5.41) is 13.3. The number of hydrogen-bond donors (Lipinski definition) is 2. The van der Waals surface area contributed by atoms with E-state index in [-0.39, 0.29) is 5.75 Å². The largest absolute Gasteiger partial charge is 0.503 e. The third-order valence-corrected chi connectivity index (χ3v) is 4.48. The van der Waals surface area contributed by atoms with E-state index in [0.717, 1.165) is 30.5 Å². The first-order valence-electron chi connectivity index (χ1n) is 6.86. The standard InChI is InChI=1S/C15H22BrNO2/c1-10-3-4-11(5-10)8-17-9-12-6-13(16)15(18)14(7-12)19-2/h6-7,10-11,17-18H,3-5,8-9H2,1-2H3. The number of benzene rings is 1. The Kier molecular flexibility index (Phi) is 5.11. The zero-order valence-electron chi connectivity index (χ0n) is 11.6. The number of phenols is 1. The molecule has 1 fully saturated rings. The lowest BCUT2D eigenvalue weighted by atomic mass is 10.1. The number of halogens is 1. The van der Waals surface area contributed by atoms with Crippen molar-refractivity contribution in [1.29, 1.82) is 0 Å². The third-order valence-electron chi connectivity index (χ3n) is 3.87. The van der Waals surface area contributed by atoms with E-state index in [2.05, 4.69) is 28.2 Å². The Morgan fingerprint density at radius 3 is 2.84 bits per heavy atom. The lowest BCUT2D eigenvalue weighted by molar-refractivity contribution is 0.371. The first kappa shape index (κ1) is 14.7. The van der Waals surface area contributed by atoms with Gasteiger partial charge in [0.1, 0.15) is 0 Å². The Morgan fingerprint density at radius 1 is 1.42 bits per heavy atom. The fraction of sp³-hybridized carbons (Fsp3) is 0.600. The molecule has 1 aliphatic carbocycles. The summed E-state index contributed by atoms with van der Waals surface area (Å²) in [4.78, 5) is 0. The molecule has 0 saturated heterocycles.